The lowest BCUT2D eigenvalue weighted by atomic mass is 9.99. The molecule has 1 aromatic carbocycles. The van der Waals surface area contributed by atoms with Crippen LogP contribution in [0.3, 0.4) is 0 Å². The van der Waals surface area contributed by atoms with Crippen LogP contribution in [0.5, 0.6) is 5.75 Å². The quantitative estimate of drug-likeness (QED) is 0.794. The minimum atomic E-state index is 0. The maximum Gasteiger partial charge on any atom is 0.119 e. The topological polar surface area (TPSA) is 52.0 Å². The minimum absolute atomic E-state index is 0. The van der Waals surface area contributed by atoms with Crippen molar-refractivity contribution in [3.8, 4) is 28.1 Å². The lowest BCUT2D eigenvalue weighted by Crippen LogP contribution is -2.28. The van der Waals surface area contributed by atoms with Gasteiger partial charge >= 0.3 is 0 Å². The van der Waals surface area contributed by atoms with Crippen molar-refractivity contribution in [3.63, 3.8) is 0 Å². The maximum atomic E-state index is 5.37. The third-order valence-corrected chi connectivity index (χ3v) is 4.16. The van der Waals surface area contributed by atoms with E-state index in [1.165, 1.54) is 11.3 Å². The van der Waals surface area contributed by atoms with Gasteiger partial charge in [-0.1, -0.05) is 12.1 Å². The summed E-state index contributed by atoms with van der Waals surface area (Å²) in [7, 11) is 1.69. The van der Waals surface area contributed by atoms with E-state index in [0.717, 1.165) is 42.2 Å². The Bertz CT molecular complexity index is 832. The summed E-state index contributed by atoms with van der Waals surface area (Å²) in [5.41, 5.74) is 5.60. The molecule has 0 radical (unpaired) electrons. The van der Waals surface area contributed by atoms with Crippen molar-refractivity contribution in [1.82, 2.24) is 20.1 Å². The number of methoxy groups -OCH3 is 1. The smallest absolute Gasteiger partial charge is 0.119 e. The Balaban J connectivity index is 0.00000169. The zero-order valence-electron chi connectivity index (χ0n) is 13.4. The van der Waals surface area contributed by atoms with Gasteiger partial charge in [-0.25, -0.2) is 0 Å². The Hall–Kier alpha value is -2.37. The van der Waals surface area contributed by atoms with Crippen LogP contribution in [0.25, 0.3) is 22.4 Å². The van der Waals surface area contributed by atoms with Crippen LogP contribution in [0.15, 0.2) is 48.8 Å². The molecular weight excluding hydrogens is 324 g/mol. The molecule has 2 aromatic heterocycles. The van der Waals surface area contributed by atoms with E-state index in [9.17, 15) is 0 Å². The van der Waals surface area contributed by atoms with Crippen LogP contribution in [0, 0.1) is 0 Å². The first kappa shape index (κ1) is 16.5. The lowest BCUT2D eigenvalue weighted by molar-refractivity contribution is 0.415. The molecule has 3 heterocycles. The molecule has 0 aliphatic carbocycles. The van der Waals surface area contributed by atoms with E-state index in [2.05, 4.69) is 21.0 Å². The first-order valence-corrected chi connectivity index (χ1v) is 7.72. The van der Waals surface area contributed by atoms with Crippen LogP contribution < -0.4 is 10.1 Å². The average molecular weight is 343 g/mol. The number of ether oxygens (including phenoxy) is 1. The highest BCUT2D eigenvalue weighted by Crippen LogP contribution is 2.36. The maximum absolute atomic E-state index is 5.37. The monoisotopic (exact) mass is 342 g/mol. The van der Waals surface area contributed by atoms with Gasteiger partial charge in [0.25, 0.3) is 0 Å². The van der Waals surface area contributed by atoms with Crippen LogP contribution in [0.2, 0.25) is 0 Å². The fourth-order valence-electron chi connectivity index (χ4n) is 3.05. The number of fused-ring (bicyclic) bond motifs is 1. The second-order valence-electron chi connectivity index (χ2n) is 5.54. The van der Waals surface area contributed by atoms with Gasteiger partial charge in [0.15, 0.2) is 0 Å². The number of hydrogen-bond donors (Lipinski definition) is 1. The van der Waals surface area contributed by atoms with Crippen molar-refractivity contribution >= 4 is 12.4 Å². The predicted octanol–water partition coefficient (Wildman–Crippen LogP) is 3.15. The highest BCUT2D eigenvalue weighted by Gasteiger charge is 2.22. The fourth-order valence-corrected chi connectivity index (χ4v) is 3.05. The summed E-state index contributed by atoms with van der Waals surface area (Å²) in [6, 6.07) is 12.1. The first-order valence-electron chi connectivity index (χ1n) is 7.72. The molecule has 0 atom stereocenters. The van der Waals surface area contributed by atoms with Gasteiger partial charge in [-0.15, -0.1) is 12.4 Å². The summed E-state index contributed by atoms with van der Waals surface area (Å²) in [4.78, 5) is 4.13. The molecule has 6 heteroatoms. The molecule has 3 aromatic rings. The summed E-state index contributed by atoms with van der Waals surface area (Å²) < 4.78 is 7.48. The molecule has 0 amide bonds. The Kier molecular flexibility index (Phi) is 4.83. The van der Waals surface area contributed by atoms with Crippen molar-refractivity contribution in [2.45, 2.75) is 13.1 Å². The minimum Gasteiger partial charge on any atom is -0.497 e. The van der Waals surface area contributed by atoms with Crippen LogP contribution >= 0.6 is 12.4 Å². The van der Waals surface area contributed by atoms with Gasteiger partial charge in [0.1, 0.15) is 11.4 Å². The molecule has 0 saturated heterocycles. The number of rotatable bonds is 3. The van der Waals surface area contributed by atoms with Gasteiger partial charge in [-0.05, 0) is 29.8 Å². The molecule has 124 valence electrons. The van der Waals surface area contributed by atoms with Crippen molar-refractivity contribution in [2.24, 2.45) is 0 Å². The summed E-state index contributed by atoms with van der Waals surface area (Å²) in [6.07, 6.45) is 3.65. The van der Waals surface area contributed by atoms with Crippen LogP contribution in [-0.2, 0) is 13.1 Å². The molecule has 0 saturated carbocycles. The molecule has 5 nitrogen and oxygen atoms in total. The molecule has 0 spiro atoms. The lowest BCUT2D eigenvalue weighted by Gasteiger charge is -2.16. The number of nitrogens with zero attached hydrogens (tertiary/aromatic N) is 3. The standard InChI is InChI=1S/C18H18N4O.ClH/c1-23-15-4-2-3-14(11-15)18-17(13-5-7-19-8-6-13)16-12-20-9-10-22(16)21-18;/h2-8,11,20H,9-10,12H2,1H3;1H. The van der Waals surface area contributed by atoms with Crippen molar-refractivity contribution in [2.75, 3.05) is 13.7 Å². The number of hydrogen-bond acceptors (Lipinski definition) is 4. The van der Waals surface area contributed by atoms with E-state index in [1.54, 1.807) is 7.11 Å². The van der Waals surface area contributed by atoms with Gasteiger partial charge in [0, 0.05) is 36.6 Å². The van der Waals surface area contributed by atoms with E-state index in [-0.39, 0.29) is 12.4 Å². The van der Waals surface area contributed by atoms with E-state index in [0.29, 0.717) is 0 Å². The van der Waals surface area contributed by atoms with E-state index >= 15 is 0 Å². The highest BCUT2D eigenvalue weighted by molar-refractivity contribution is 5.85. The number of benzene rings is 1. The van der Waals surface area contributed by atoms with Crippen molar-refractivity contribution < 1.29 is 4.74 Å². The molecule has 4 rings (SSSR count). The van der Waals surface area contributed by atoms with Gasteiger partial charge in [-0.3, -0.25) is 9.67 Å². The molecule has 0 fully saturated rings. The predicted molar refractivity (Wildman–Crippen MR) is 96.4 cm³/mol. The van der Waals surface area contributed by atoms with Gasteiger partial charge in [-0.2, -0.15) is 5.10 Å². The SMILES string of the molecule is COc1cccc(-c2nn3c(c2-c2ccncc2)CNCC3)c1.Cl. The molecule has 1 N–H and O–H groups in total. The zero-order chi connectivity index (χ0) is 15.6. The van der Waals surface area contributed by atoms with E-state index in [4.69, 9.17) is 9.84 Å². The fraction of sp³-hybridized carbons (Fsp3) is 0.222. The Morgan fingerprint density at radius 1 is 1.12 bits per heavy atom. The second kappa shape index (κ2) is 7.03. The first-order chi connectivity index (χ1) is 11.4. The summed E-state index contributed by atoms with van der Waals surface area (Å²) in [5, 5.41) is 8.31. The van der Waals surface area contributed by atoms with Crippen LogP contribution in [0.4, 0.5) is 0 Å². The second-order valence-corrected chi connectivity index (χ2v) is 5.54. The third kappa shape index (κ3) is 2.88. The molecule has 1 aliphatic rings. The van der Waals surface area contributed by atoms with Gasteiger partial charge < -0.3 is 10.1 Å². The number of aromatic nitrogens is 3. The Labute approximate surface area is 147 Å². The molecule has 0 bridgehead atoms. The van der Waals surface area contributed by atoms with Gasteiger partial charge in [0.2, 0.25) is 0 Å². The number of halogens is 1. The van der Waals surface area contributed by atoms with Gasteiger partial charge in [0.05, 0.1) is 19.3 Å². The van der Waals surface area contributed by atoms with Crippen LogP contribution in [0.1, 0.15) is 5.69 Å². The molecule has 24 heavy (non-hydrogen) atoms. The Morgan fingerprint density at radius 2 is 1.96 bits per heavy atom. The normalized spacial score (nSPS) is 13.0. The Morgan fingerprint density at radius 3 is 2.75 bits per heavy atom. The van der Waals surface area contributed by atoms with Crippen LogP contribution in [-0.4, -0.2) is 28.4 Å². The largest absolute Gasteiger partial charge is 0.497 e. The molecule has 1 aliphatic heterocycles. The highest BCUT2D eigenvalue weighted by atomic mass is 35.5. The summed E-state index contributed by atoms with van der Waals surface area (Å²) >= 11 is 0. The molecule has 0 unspecified atom stereocenters. The summed E-state index contributed by atoms with van der Waals surface area (Å²) in [6.45, 7) is 2.66. The molecular formula is C18H19ClN4O. The van der Waals surface area contributed by atoms with E-state index < -0.39 is 0 Å². The van der Waals surface area contributed by atoms with E-state index in [1.807, 2.05) is 42.7 Å². The summed E-state index contributed by atoms with van der Waals surface area (Å²) in [5.74, 6) is 0.840. The third-order valence-electron chi connectivity index (χ3n) is 4.16. The number of nitrogens with one attached hydrogen (secondary N) is 1. The van der Waals surface area contributed by atoms with Crippen molar-refractivity contribution in [3.05, 3.63) is 54.5 Å². The van der Waals surface area contributed by atoms with Crippen molar-refractivity contribution in [1.29, 1.82) is 0 Å². The number of pyridine rings is 1. The zero-order valence-corrected chi connectivity index (χ0v) is 14.2. The average Bonchev–Trinajstić information content (AvgIpc) is 3.02.